The number of allylic oxidation sites excluding steroid dienone is 1. The Hall–Kier alpha value is -7.64. The normalized spacial score (nSPS) is 13.6. The van der Waals surface area contributed by atoms with Crippen LogP contribution in [-0.2, 0) is 60.8 Å². The number of aliphatic carboxylic acids is 4. The first-order valence-corrected chi connectivity index (χ1v) is 33.0. The van der Waals surface area contributed by atoms with Crippen LogP contribution in [0.1, 0.15) is 231 Å². The van der Waals surface area contributed by atoms with Crippen LogP contribution in [0.5, 0.6) is 11.5 Å². The Kier molecular flexibility index (Phi) is 43.1. The molecule has 22 heteroatoms. The predicted molar refractivity (Wildman–Crippen MR) is 349 cm³/mol. The van der Waals surface area contributed by atoms with Crippen molar-refractivity contribution in [1.29, 1.82) is 0 Å². The van der Waals surface area contributed by atoms with Crippen molar-refractivity contribution < 1.29 is 88.1 Å². The lowest BCUT2D eigenvalue weighted by Gasteiger charge is -2.31. The number of aliphatic hydroxyl groups is 2. The fourth-order valence-electron chi connectivity index (χ4n) is 10.3. The SMILES string of the molecule is CC#CCOc1ccc(C[C@H](NC(=O)[C@@H](/C=C/CCCCCCC(=O)CCCCCCC)[C@@](O)(CC(N)=O)C(=O)O)C(=O)O)cc1.CCCCCCCC(=O)CCCCCCCC[C@H](C(=O)N[C@@H](Cc1ccc(OCCCC)cc1)C(=O)O)[C@@](O)(CC(N)=O)C(=O)O. The van der Waals surface area contributed by atoms with Crippen molar-refractivity contribution in [3.05, 3.63) is 71.8 Å². The summed E-state index contributed by atoms with van der Waals surface area (Å²) in [6, 6.07) is 10.4. The van der Waals surface area contributed by atoms with E-state index in [9.17, 15) is 78.6 Å². The molecule has 0 spiro atoms. The molecule has 0 bridgehead atoms. The van der Waals surface area contributed by atoms with E-state index in [1.165, 1.54) is 44.3 Å². The summed E-state index contributed by atoms with van der Waals surface area (Å²) in [5, 5.41) is 65.9. The molecule has 514 valence electrons. The average molecular weight is 1290 g/mol. The number of Topliss-reactive ketones (excluding diaryl/α,β-unsaturated/α-hetero) is 2. The van der Waals surface area contributed by atoms with Crippen molar-refractivity contribution in [2.45, 2.75) is 256 Å². The highest BCUT2D eigenvalue weighted by atomic mass is 16.5. The smallest absolute Gasteiger partial charge is 0.337 e. The summed E-state index contributed by atoms with van der Waals surface area (Å²) in [6.45, 7) is 8.79. The Morgan fingerprint density at radius 1 is 0.511 bits per heavy atom. The van der Waals surface area contributed by atoms with Gasteiger partial charge in [-0.2, -0.15) is 0 Å². The van der Waals surface area contributed by atoms with Crippen molar-refractivity contribution in [2.75, 3.05) is 13.2 Å². The van der Waals surface area contributed by atoms with Crippen LogP contribution < -0.4 is 31.6 Å². The molecule has 6 atom stereocenters. The molecule has 0 fully saturated rings. The van der Waals surface area contributed by atoms with Crippen LogP contribution in [0, 0.1) is 23.7 Å². The van der Waals surface area contributed by atoms with Gasteiger partial charge in [-0.25, -0.2) is 19.2 Å². The molecule has 0 radical (unpaired) electrons. The molecule has 0 aliphatic rings. The maximum Gasteiger partial charge on any atom is 0.337 e. The molecular weight excluding hydrogens is 1180 g/mol. The summed E-state index contributed by atoms with van der Waals surface area (Å²) in [7, 11) is 0. The number of benzene rings is 2. The average Bonchev–Trinajstić information content (AvgIpc) is 0.823. The van der Waals surface area contributed by atoms with E-state index in [1.54, 1.807) is 55.5 Å². The molecule has 92 heavy (non-hydrogen) atoms. The number of amides is 4. The Bertz CT molecular complexity index is 2650. The zero-order valence-corrected chi connectivity index (χ0v) is 54.9. The van der Waals surface area contributed by atoms with Gasteiger partial charge in [0.25, 0.3) is 0 Å². The summed E-state index contributed by atoms with van der Waals surface area (Å²) >= 11 is 0. The minimum absolute atomic E-state index is 0.0887. The molecule has 4 amide bonds. The second kappa shape index (κ2) is 48.2. The monoisotopic (exact) mass is 1290 g/mol. The van der Waals surface area contributed by atoms with Gasteiger partial charge in [0.05, 0.1) is 31.3 Å². The van der Waals surface area contributed by atoms with Crippen LogP contribution in [0.15, 0.2) is 60.7 Å². The number of ketones is 2. The second-order valence-electron chi connectivity index (χ2n) is 23.6. The van der Waals surface area contributed by atoms with Gasteiger partial charge in [0.1, 0.15) is 41.8 Å². The van der Waals surface area contributed by atoms with Crippen molar-refractivity contribution in [1.82, 2.24) is 10.6 Å². The topological polar surface area (TPSA) is 387 Å². The van der Waals surface area contributed by atoms with Gasteiger partial charge < -0.3 is 62.2 Å². The Balaban J connectivity index is 0.000000920. The molecule has 0 saturated carbocycles. The van der Waals surface area contributed by atoms with Gasteiger partial charge in [0, 0.05) is 38.5 Å². The van der Waals surface area contributed by atoms with Gasteiger partial charge in [0.2, 0.25) is 23.6 Å². The largest absolute Gasteiger partial charge is 0.494 e. The Morgan fingerprint density at radius 3 is 1.32 bits per heavy atom. The maximum absolute atomic E-state index is 13.4. The summed E-state index contributed by atoms with van der Waals surface area (Å²) in [6.07, 6.45) is 23.5. The quantitative estimate of drug-likeness (QED) is 0.0167. The fraction of sp³-hybridized carbons (Fsp3) is 0.629. The predicted octanol–water partition coefficient (Wildman–Crippen LogP) is 9.67. The van der Waals surface area contributed by atoms with E-state index in [0.29, 0.717) is 86.4 Å². The first kappa shape index (κ1) is 82.4. The number of carbonyl (C=O) groups excluding carboxylic acids is 6. The summed E-state index contributed by atoms with van der Waals surface area (Å²) in [4.78, 5) is 122. The Labute approximate surface area is 543 Å². The molecule has 2 rings (SSSR count). The first-order valence-electron chi connectivity index (χ1n) is 33.0. The van der Waals surface area contributed by atoms with Gasteiger partial charge in [-0.15, -0.1) is 5.92 Å². The molecule has 2 aromatic rings. The maximum atomic E-state index is 13.4. The molecular formula is C70H106N4O18. The third-order valence-electron chi connectivity index (χ3n) is 15.7. The number of hydrogen-bond acceptors (Lipinski definition) is 14. The highest BCUT2D eigenvalue weighted by Gasteiger charge is 2.50. The number of rotatable bonds is 53. The number of carbonyl (C=O) groups is 10. The van der Waals surface area contributed by atoms with Crippen LogP contribution >= 0.6 is 0 Å². The van der Waals surface area contributed by atoms with Gasteiger partial charge in [-0.3, -0.25) is 28.8 Å². The van der Waals surface area contributed by atoms with Crippen LogP contribution in [0.2, 0.25) is 0 Å². The second-order valence-corrected chi connectivity index (χ2v) is 23.6. The lowest BCUT2D eigenvalue weighted by Crippen LogP contribution is -2.56. The number of ether oxygens (including phenoxy) is 2. The van der Waals surface area contributed by atoms with Crippen molar-refractivity contribution >= 4 is 59.1 Å². The number of nitrogens with two attached hydrogens (primary N) is 2. The van der Waals surface area contributed by atoms with Crippen molar-refractivity contribution in [3.8, 4) is 23.3 Å². The number of carboxylic acids is 4. The number of hydrogen-bond donors (Lipinski definition) is 10. The van der Waals surface area contributed by atoms with Crippen LogP contribution in [0.25, 0.3) is 0 Å². The zero-order chi connectivity index (χ0) is 68.7. The van der Waals surface area contributed by atoms with Gasteiger partial charge in [-0.1, -0.05) is 166 Å². The van der Waals surface area contributed by atoms with E-state index in [4.69, 9.17) is 20.9 Å². The van der Waals surface area contributed by atoms with Gasteiger partial charge >= 0.3 is 23.9 Å². The molecule has 0 heterocycles. The molecule has 22 nitrogen and oxygen atoms in total. The minimum atomic E-state index is -2.90. The minimum Gasteiger partial charge on any atom is -0.494 e. The van der Waals surface area contributed by atoms with Crippen molar-refractivity contribution in [3.63, 3.8) is 0 Å². The van der Waals surface area contributed by atoms with Gasteiger partial charge in [-0.05, 0) is 93.7 Å². The Morgan fingerprint density at radius 2 is 0.902 bits per heavy atom. The summed E-state index contributed by atoms with van der Waals surface area (Å²) < 4.78 is 11.1. The highest BCUT2D eigenvalue weighted by Crippen LogP contribution is 2.30. The van der Waals surface area contributed by atoms with E-state index in [2.05, 4.69) is 36.3 Å². The number of nitrogens with one attached hydrogen (secondary N) is 2. The third kappa shape index (κ3) is 35.3. The third-order valence-corrected chi connectivity index (χ3v) is 15.7. The summed E-state index contributed by atoms with van der Waals surface area (Å²) in [5.74, 6) is -6.88. The number of carboxylic acid groups (broad SMARTS) is 4. The van der Waals surface area contributed by atoms with E-state index >= 15 is 0 Å². The van der Waals surface area contributed by atoms with E-state index in [-0.39, 0.29) is 31.7 Å². The van der Waals surface area contributed by atoms with Crippen LogP contribution in [0.3, 0.4) is 0 Å². The van der Waals surface area contributed by atoms with Crippen LogP contribution in [0.4, 0.5) is 0 Å². The number of primary amides is 2. The molecule has 0 unspecified atom stereocenters. The van der Waals surface area contributed by atoms with E-state index in [1.807, 2.05) is 6.92 Å². The number of unbranched alkanes of at least 4 members (excludes halogenated alkanes) is 18. The fourth-order valence-corrected chi connectivity index (χ4v) is 10.3. The van der Waals surface area contributed by atoms with Crippen LogP contribution in [-0.4, -0.2) is 126 Å². The molecule has 0 aliphatic carbocycles. The first-order chi connectivity index (χ1) is 43.9. The van der Waals surface area contributed by atoms with E-state index < -0.39 is 95.5 Å². The summed E-state index contributed by atoms with van der Waals surface area (Å²) in [5.41, 5.74) is 5.87. The molecule has 0 aromatic heterocycles. The molecule has 0 aliphatic heterocycles. The van der Waals surface area contributed by atoms with Gasteiger partial charge in [0.15, 0.2) is 11.2 Å². The lowest BCUT2D eigenvalue weighted by atomic mass is 9.79. The van der Waals surface area contributed by atoms with E-state index in [0.717, 1.165) is 89.9 Å². The standard InChI is InChI=1S/C35H56N2O9.C35H50N2O9/c2*1-3-5-7-10-13-16-27(38)17-14-11-8-9-12-15-18-29(35(45,34(43)44)25-31(36)39)32(40)37-30(33(41)42)24-26-19-21-28(22-20-26)46-23-6-4-2/h19-22,29-30,45H,3-18,23-25H2,1-2H3,(H2,36,39)(H,37,40)(H,41,42)(H,43,44);15,18-22,29-30,45H,3,5,7-14,16-17,23-25H2,1-2H3,(H2,36,39)(H,37,40)(H,41,42)(H,43,44)/b;18-15+/t2*29-,30+,35+/m11/s1. The molecule has 2 aromatic carbocycles. The highest BCUT2D eigenvalue weighted by molar-refractivity contribution is 5.96. The zero-order valence-electron chi connectivity index (χ0n) is 54.9. The molecule has 0 saturated heterocycles. The van der Waals surface area contributed by atoms with Crippen molar-refractivity contribution in [2.24, 2.45) is 23.3 Å². The lowest BCUT2D eigenvalue weighted by molar-refractivity contribution is -0.172. The molecule has 12 N–H and O–H groups in total.